The lowest BCUT2D eigenvalue weighted by Gasteiger charge is -2.27. The summed E-state index contributed by atoms with van der Waals surface area (Å²) in [6.45, 7) is 4.84. The summed E-state index contributed by atoms with van der Waals surface area (Å²) in [6.07, 6.45) is 0.524. The van der Waals surface area contributed by atoms with Crippen LogP contribution in [-0.4, -0.2) is 35.3 Å². The molecule has 0 saturated carbocycles. The fraction of sp³-hybridized carbons (Fsp3) is 0.364. The molecule has 3 rings (SSSR count). The zero-order valence-corrected chi connectivity index (χ0v) is 18.0. The lowest BCUT2D eigenvalue weighted by molar-refractivity contribution is -0.113. The van der Waals surface area contributed by atoms with Gasteiger partial charge in [-0.1, -0.05) is 41.9 Å². The lowest BCUT2D eigenvalue weighted by Crippen LogP contribution is -2.23. The second kappa shape index (κ2) is 9.41. The molecule has 7 heteroatoms. The number of aliphatic hydroxyl groups excluding tert-OH is 1. The molecular formula is C22H24BrNO5. The smallest absolute Gasteiger partial charge is 0.235 e. The number of fused-ring (bicyclic) bond motifs is 2. The number of carbonyl (C=O) groups is 2. The molecule has 29 heavy (non-hydrogen) atoms. The van der Waals surface area contributed by atoms with E-state index in [2.05, 4.69) is 21.2 Å². The number of hydrogen-bond donors (Lipinski definition) is 2. The van der Waals surface area contributed by atoms with E-state index in [0.29, 0.717) is 52.7 Å². The Bertz CT molecular complexity index is 928. The summed E-state index contributed by atoms with van der Waals surface area (Å²) >= 11 is 3.12. The van der Waals surface area contributed by atoms with Crippen molar-refractivity contribution < 1.29 is 24.2 Å². The van der Waals surface area contributed by atoms with Crippen LogP contribution < -0.4 is 14.8 Å². The van der Waals surface area contributed by atoms with Gasteiger partial charge < -0.3 is 19.9 Å². The molecule has 0 spiro atoms. The number of anilines is 1. The molecule has 0 bridgehead atoms. The monoisotopic (exact) mass is 461 g/mol. The Kier molecular flexibility index (Phi) is 6.92. The Morgan fingerprint density at radius 1 is 1.07 bits per heavy atom. The van der Waals surface area contributed by atoms with E-state index >= 15 is 0 Å². The minimum atomic E-state index is -1.03. The van der Waals surface area contributed by atoms with Gasteiger partial charge in [-0.3, -0.25) is 9.59 Å². The third kappa shape index (κ3) is 4.31. The predicted molar refractivity (Wildman–Crippen MR) is 114 cm³/mol. The van der Waals surface area contributed by atoms with Crippen LogP contribution in [0.5, 0.6) is 11.5 Å². The minimum absolute atomic E-state index is 0.137. The highest BCUT2D eigenvalue weighted by molar-refractivity contribution is 9.09. The van der Waals surface area contributed by atoms with E-state index in [1.54, 1.807) is 30.3 Å². The zero-order valence-electron chi connectivity index (χ0n) is 16.5. The first kappa shape index (κ1) is 21.3. The second-order valence-corrected chi connectivity index (χ2v) is 7.33. The van der Waals surface area contributed by atoms with Crippen LogP contribution in [0.4, 0.5) is 5.69 Å². The number of hydrogen-bond acceptors (Lipinski definition) is 5. The Morgan fingerprint density at radius 3 is 2.38 bits per heavy atom. The van der Waals surface area contributed by atoms with Gasteiger partial charge in [0, 0.05) is 17.3 Å². The number of nitrogens with one attached hydrogen (secondary N) is 1. The van der Waals surface area contributed by atoms with Crippen molar-refractivity contribution >= 4 is 33.3 Å². The quantitative estimate of drug-likeness (QED) is 0.574. The van der Waals surface area contributed by atoms with E-state index in [1.807, 2.05) is 13.8 Å². The molecular weight excluding hydrogens is 438 g/mol. The van der Waals surface area contributed by atoms with Crippen LogP contribution in [0.2, 0.25) is 0 Å². The summed E-state index contributed by atoms with van der Waals surface area (Å²) in [5, 5.41) is 13.9. The highest BCUT2D eigenvalue weighted by Crippen LogP contribution is 2.43. The fourth-order valence-electron chi connectivity index (χ4n) is 3.33. The third-order valence-corrected chi connectivity index (χ3v) is 5.07. The number of benzene rings is 2. The average Bonchev–Trinajstić information content (AvgIpc) is 2.73. The molecule has 0 saturated heterocycles. The second-order valence-electron chi connectivity index (χ2n) is 6.77. The average molecular weight is 462 g/mol. The Labute approximate surface area is 178 Å². The zero-order chi connectivity index (χ0) is 21.0. The Morgan fingerprint density at radius 2 is 1.72 bits per heavy atom. The van der Waals surface area contributed by atoms with Gasteiger partial charge in [-0.2, -0.15) is 0 Å². The van der Waals surface area contributed by atoms with Crippen LogP contribution in [0.3, 0.4) is 0 Å². The highest BCUT2D eigenvalue weighted by atomic mass is 79.9. The van der Waals surface area contributed by atoms with Crippen LogP contribution in [0, 0.1) is 0 Å². The van der Waals surface area contributed by atoms with E-state index in [-0.39, 0.29) is 17.0 Å². The molecule has 0 aliphatic heterocycles. The van der Waals surface area contributed by atoms with Gasteiger partial charge >= 0.3 is 0 Å². The van der Waals surface area contributed by atoms with Crippen LogP contribution >= 0.6 is 15.9 Å². The summed E-state index contributed by atoms with van der Waals surface area (Å²) in [7, 11) is 0. The van der Waals surface area contributed by atoms with E-state index in [0.717, 1.165) is 12.8 Å². The fourth-order valence-corrected chi connectivity index (χ4v) is 3.47. The number of alkyl halides is 1. The molecule has 2 aromatic rings. The molecule has 0 fully saturated rings. The van der Waals surface area contributed by atoms with Gasteiger partial charge in [-0.05, 0) is 30.5 Å². The highest BCUT2D eigenvalue weighted by Gasteiger charge is 2.35. The maximum Gasteiger partial charge on any atom is 0.235 e. The summed E-state index contributed by atoms with van der Waals surface area (Å²) in [5.41, 5.74) is 2.03. The Balaban J connectivity index is 2.14. The standard InChI is InChI=1S/C22H24BrNO5/c1-3-8-28-16-7-5-6-14-19(16)22(27)20-15(21(14)26)10-13(24-18(25)12-23)11-17(20)29-9-4-2/h5-7,10-11,21,26H,3-4,8-9,12H2,1-2H3,(H,24,25). The van der Waals surface area contributed by atoms with Crippen molar-refractivity contribution in [3.05, 3.63) is 52.6 Å². The molecule has 2 aromatic carbocycles. The molecule has 0 heterocycles. The SMILES string of the molecule is CCCOc1cccc2c1C(=O)c1c(OCCC)cc(NC(=O)CBr)cc1C2O. The first-order valence-electron chi connectivity index (χ1n) is 9.66. The Hall–Kier alpha value is -2.38. The van der Waals surface area contributed by atoms with E-state index in [1.165, 1.54) is 0 Å². The normalized spacial score (nSPS) is 14.8. The van der Waals surface area contributed by atoms with Gasteiger partial charge in [-0.25, -0.2) is 0 Å². The molecule has 2 N–H and O–H groups in total. The van der Waals surface area contributed by atoms with Crippen molar-refractivity contribution in [1.82, 2.24) is 0 Å². The molecule has 1 unspecified atom stereocenters. The van der Waals surface area contributed by atoms with Crippen LogP contribution in [0.25, 0.3) is 0 Å². The first-order valence-corrected chi connectivity index (χ1v) is 10.8. The molecule has 1 atom stereocenters. The van der Waals surface area contributed by atoms with Gasteiger partial charge in [0.2, 0.25) is 11.7 Å². The number of ketones is 1. The number of halogens is 1. The molecule has 1 aliphatic carbocycles. The van der Waals surface area contributed by atoms with Crippen molar-refractivity contribution in [2.45, 2.75) is 32.8 Å². The van der Waals surface area contributed by atoms with Crippen LogP contribution in [0.15, 0.2) is 30.3 Å². The molecule has 154 valence electrons. The summed E-state index contributed by atoms with van der Waals surface area (Å²) < 4.78 is 11.6. The third-order valence-electron chi connectivity index (χ3n) is 4.56. The van der Waals surface area contributed by atoms with Crippen molar-refractivity contribution in [3.63, 3.8) is 0 Å². The summed E-state index contributed by atoms with van der Waals surface area (Å²) in [6, 6.07) is 8.47. The van der Waals surface area contributed by atoms with E-state index < -0.39 is 6.10 Å². The topological polar surface area (TPSA) is 84.9 Å². The predicted octanol–water partition coefficient (Wildman–Crippen LogP) is 4.22. The summed E-state index contributed by atoms with van der Waals surface area (Å²) in [4.78, 5) is 25.3. The van der Waals surface area contributed by atoms with Crippen molar-refractivity contribution in [1.29, 1.82) is 0 Å². The maximum absolute atomic E-state index is 13.4. The number of carbonyl (C=O) groups excluding carboxylic acids is 2. The van der Waals surface area contributed by atoms with E-state index in [9.17, 15) is 14.7 Å². The number of rotatable bonds is 8. The van der Waals surface area contributed by atoms with Crippen LogP contribution in [-0.2, 0) is 4.79 Å². The van der Waals surface area contributed by atoms with Crippen molar-refractivity contribution in [2.75, 3.05) is 23.9 Å². The van der Waals surface area contributed by atoms with Gasteiger partial charge in [-0.15, -0.1) is 0 Å². The van der Waals surface area contributed by atoms with Crippen molar-refractivity contribution in [3.8, 4) is 11.5 Å². The lowest BCUT2D eigenvalue weighted by atomic mass is 9.81. The van der Waals surface area contributed by atoms with Gasteiger partial charge in [0.05, 0.1) is 29.7 Å². The first-order chi connectivity index (χ1) is 14.0. The number of ether oxygens (including phenoxy) is 2. The number of aliphatic hydroxyl groups is 1. The minimum Gasteiger partial charge on any atom is -0.493 e. The van der Waals surface area contributed by atoms with Crippen molar-refractivity contribution in [2.24, 2.45) is 0 Å². The largest absolute Gasteiger partial charge is 0.493 e. The maximum atomic E-state index is 13.4. The number of amides is 1. The van der Waals surface area contributed by atoms with E-state index in [4.69, 9.17) is 9.47 Å². The van der Waals surface area contributed by atoms with Gasteiger partial charge in [0.15, 0.2) is 0 Å². The molecule has 1 amide bonds. The summed E-state index contributed by atoms with van der Waals surface area (Å²) in [5.74, 6) is 0.307. The molecule has 6 nitrogen and oxygen atoms in total. The molecule has 0 aromatic heterocycles. The molecule has 1 aliphatic rings. The molecule has 0 radical (unpaired) electrons. The van der Waals surface area contributed by atoms with Crippen LogP contribution in [0.1, 0.15) is 59.8 Å². The van der Waals surface area contributed by atoms with Gasteiger partial charge in [0.25, 0.3) is 0 Å². The van der Waals surface area contributed by atoms with Gasteiger partial charge in [0.1, 0.15) is 17.6 Å².